The van der Waals surface area contributed by atoms with Crippen LogP contribution < -0.4 is 5.32 Å². The van der Waals surface area contributed by atoms with Crippen LogP contribution >= 0.6 is 0 Å². The quantitative estimate of drug-likeness (QED) is 0.831. The highest BCUT2D eigenvalue weighted by Crippen LogP contribution is 2.49. The molecular weight excluding hydrogens is 284 g/mol. The Bertz CT molecular complexity index is 703. The maximum Gasteiger partial charge on any atom is 0.123 e. The Kier molecular flexibility index (Phi) is 3.34. The zero-order valence-electron chi connectivity index (χ0n) is 12.1. The first kappa shape index (κ1) is 13.7. The van der Waals surface area contributed by atoms with E-state index in [1.54, 1.807) is 24.3 Å². The molecule has 2 nitrogen and oxygen atoms in total. The van der Waals surface area contributed by atoms with Crippen molar-refractivity contribution in [1.29, 1.82) is 0 Å². The Morgan fingerprint density at radius 2 is 1.91 bits per heavy atom. The van der Waals surface area contributed by atoms with E-state index < -0.39 is 0 Å². The van der Waals surface area contributed by atoms with Crippen LogP contribution in [-0.2, 0) is 4.74 Å². The molecule has 4 heteroatoms. The molecule has 114 valence electrons. The molecule has 2 aromatic carbocycles. The fraction of sp³-hybridized carbons (Fsp3) is 0.333. The van der Waals surface area contributed by atoms with Gasteiger partial charge >= 0.3 is 0 Å². The average molecular weight is 301 g/mol. The summed E-state index contributed by atoms with van der Waals surface area (Å²) in [5.74, 6) is -0.306. The highest BCUT2D eigenvalue weighted by molar-refractivity contribution is 5.57. The molecule has 22 heavy (non-hydrogen) atoms. The number of anilines is 1. The van der Waals surface area contributed by atoms with Crippen LogP contribution in [0.4, 0.5) is 14.5 Å². The fourth-order valence-corrected chi connectivity index (χ4v) is 3.67. The number of hydrogen-bond donors (Lipinski definition) is 1. The van der Waals surface area contributed by atoms with Gasteiger partial charge in [-0.25, -0.2) is 8.78 Å². The molecule has 0 aromatic heterocycles. The molecule has 3 unspecified atom stereocenters. The molecule has 2 heterocycles. The molecule has 2 aliphatic rings. The van der Waals surface area contributed by atoms with Crippen molar-refractivity contribution in [2.45, 2.75) is 25.0 Å². The van der Waals surface area contributed by atoms with Gasteiger partial charge in [0.2, 0.25) is 0 Å². The van der Waals surface area contributed by atoms with E-state index in [4.69, 9.17) is 4.74 Å². The van der Waals surface area contributed by atoms with Gasteiger partial charge in [-0.15, -0.1) is 0 Å². The van der Waals surface area contributed by atoms with Crippen LogP contribution in [-0.4, -0.2) is 6.61 Å². The van der Waals surface area contributed by atoms with Crippen LogP contribution in [0.5, 0.6) is 0 Å². The van der Waals surface area contributed by atoms with Gasteiger partial charge in [0.15, 0.2) is 0 Å². The van der Waals surface area contributed by atoms with E-state index in [0.29, 0.717) is 6.61 Å². The molecule has 0 aliphatic carbocycles. The Balaban J connectivity index is 1.79. The molecule has 1 saturated heterocycles. The van der Waals surface area contributed by atoms with Gasteiger partial charge in [-0.05, 0) is 48.7 Å². The number of halogens is 2. The van der Waals surface area contributed by atoms with Crippen molar-refractivity contribution in [3.63, 3.8) is 0 Å². The average Bonchev–Trinajstić information content (AvgIpc) is 2.54. The van der Waals surface area contributed by atoms with Crippen LogP contribution in [0.3, 0.4) is 0 Å². The maximum atomic E-state index is 13.6. The fourth-order valence-electron chi connectivity index (χ4n) is 3.67. The molecule has 0 radical (unpaired) electrons. The molecule has 1 fully saturated rings. The Morgan fingerprint density at radius 3 is 2.77 bits per heavy atom. The monoisotopic (exact) mass is 301 g/mol. The lowest BCUT2D eigenvalue weighted by Crippen LogP contribution is -2.36. The van der Waals surface area contributed by atoms with Crippen molar-refractivity contribution in [2.24, 2.45) is 5.92 Å². The standard InChI is InChI=1S/C18H17F2NO/c19-12-4-1-3-11(9-12)17-14-5-2-8-22-18(14)15-10-13(20)6-7-16(15)21-17/h1,3-4,6-7,9-10,14,17-18,21H,2,5,8H2. The summed E-state index contributed by atoms with van der Waals surface area (Å²) >= 11 is 0. The summed E-state index contributed by atoms with van der Waals surface area (Å²) < 4.78 is 33.1. The predicted octanol–water partition coefficient (Wildman–Crippen LogP) is 4.60. The number of nitrogens with one attached hydrogen (secondary N) is 1. The third-order valence-corrected chi connectivity index (χ3v) is 4.64. The van der Waals surface area contributed by atoms with E-state index in [0.717, 1.165) is 29.7 Å². The lowest BCUT2D eigenvalue weighted by Gasteiger charge is -2.43. The van der Waals surface area contributed by atoms with Crippen molar-refractivity contribution in [1.82, 2.24) is 0 Å². The zero-order valence-corrected chi connectivity index (χ0v) is 12.1. The van der Waals surface area contributed by atoms with Gasteiger partial charge in [0, 0.05) is 23.8 Å². The Morgan fingerprint density at radius 1 is 1.05 bits per heavy atom. The van der Waals surface area contributed by atoms with E-state index in [-0.39, 0.29) is 29.7 Å². The maximum absolute atomic E-state index is 13.6. The molecule has 2 aromatic rings. The van der Waals surface area contributed by atoms with Crippen molar-refractivity contribution in [3.05, 3.63) is 65.2 Å². The first-order chi connectivity index (χ1) is 10.7. The van der Waals surface area contributed by atoms with Gasteiger partial charge in [0.1, 0.15) is 11.6 Å². The summed E-state index contributed by atoms with van der Waals surface area (Å²) in [6, 6.07) is 11.4. The van der Waals surface area contributed by atoms with E-state index in [2.05, 4.69) is 5.32 Å². The molecule has 0 amide bonds. The van der Waals surface area contributed by atoms with Crippen molar-refractivity contribution in [3.8, 4) is 0 Å². The molecule has 4 rings (SSSR count). The minimum Gasteiger partial charge on any atom is -0.378 e. The third kappa shape index (κ3) is 2.28. The lowest BCUT2D eigenvalue weighted by atomic mass is 9.77. The second kappa shape index (κ2) is 5.36. The Labute approximate surface area is 128 Å². The van der Waals surface area contributed by atoms with Crippen LogP contribution in [0.25, 0.3) is 0 Å². The van der Waals surface area contributed by atoms with E-state index >= 15 is 0 Å². The molecule has 0 spiro atoms. The highest BCUT2D eigenvalue weighted by Gasteiger charge is 2.39. The summed E-state index contributed by atoms with van der Waals surface area (Å²) in [6.07, 6.45) is 1.82. The summed E-state index contributed by atoms with van der Waals surface area (Å²) in [7, 11) is 0. The third-order valence-electron chi connectivity index (χ3n) is 4.64. The lowest BCUT2D eigenvalue weighted by molar-refractivity contribution is -0.0383. The van der Waals surface area contributed by atoms with Gasteiger partial charge in [0.25, 0.3) is 0 Å². The molecule has 3 atom stereocenters. The van der Waals surface area contributed by atoms with E-state index in [1.165, 1.54) is 12.1 Å². The molecule has 2 aliphatic heterocycles. The number of rotatable bonds is 1. The van der Waals surface area contributed by atoms with E-state index in [1.807, 2.05) is 6.07 Å². The zero-order chi connectivity index (χ0) is 15.1. The summed E-state index contributed by atoms with van der Waals surface area (Å²) in [5, 5.41) is 3.45. The normalized spacial score (nSPS) is 26.7. The van der Waals surface area contributed by atoms with Gasteiger partial charge in [-0.3, -0.25) is 0 Å². The molecule has 0 bridgehead atoms. The predicted molar refractivity (Wildman–Crippen MR) is 80.6 cm³/mol. The van der Waals surface area contributed by atoms with Gasteiger partial charge < -0.3 is 10.1 Å². The number of ether oxygens (including phenoxy) is 1. The number of benzene rings is 2. The van der Waals surface area contributed by atoms with Crippen LogP contribution in [0.15, 0.2) is 42.5 Å². The smallest absolute Gasteiger partial charge is 0.123 e. The minimum atomic E-state index is -0.252. The number of hydrogen-bond acceptors (Lipinski definition) is 2. The van der Waals surface area contributed by atoms with Gasteiger partial charge in [0.05, 0.1) is 12.1 Å². The van der Waals surface area contributed by atoms with Crippen LogP contribution in [0, 0.1) is 17.6 Å². The van der Waals surface area contributed by atoms with Crippen molar-refractivity contribution in [2.75, 3.05) is 11.9 Å². The van der Waals surface area contributed by atoms with Crippen LogP contribution in [0.1, 0.15) is 36.1 Å². The summed E-state index contributed by atoms with van der Waals surface area (Å²) in [5.41, 5.74) is 2.66. The van der Waals surface area contributed by atoms with Gasteiger partial charge in [-0.1, -0.05) is 12.1 Å². The minimum absolute atomic E-state index is 0.0149. The first-order valence-corrected chi connectivity index (χ1v) is 7.65. The SMILES string of the molecule is Fc1cccc(C2Nc3ccc(F)cc3C3OCCCC23)c1. The molecule has 1 N–H and O–H groups in total. The van der Waals surface area contributed by atoms with Crippen molar-refractivity contribution < 1.29 is 13.5 Å². The topological polar surface area (TPSA) is 21.3 Å². The van der Waals surface area contributed by atoms with Gasteiger partial charge in [-0.2, -0.15) is 0 Å². The molecule has 0 saturated carbocycles. The highest BCUT2D eigenvalue weighted by atomic mass is 19.1. The number of fused-ring (bicyclic) bond motifs is 3. The second-order valence-electron chi connectivity index (χ2n) is 6.01. The molecular formula is C18H17F2NO. The summed E-state index contributed by atoms with van der Waals surface area (Å²) in [6.45, 7) is 0.687. The first-order valence-electron chi connectivity index (χ1n) is 7.65. The van der Waals surface area contributed by atoms with Crippen molar-refractivity contribution >= 4 is 5.69 Å². The summed E-state index contributed by atoms with van der Waals surface area (Å²) in [4.78, 5) is 0. The second-order valence-corrected chi connectivity index (χ2v) is 6.01. The Hall–Kier alpha value is -1.94. The van der Waals surface area contributed by atoms with Crippen LogP contribution in [0.2, 0.25) is 0 Å². The largest absolute Gasteiger partial charge is 0.378 e. The van der Waals surface area contributed by atoms with E-state index in [9.17, 15) is 8.78 Å².